The first kappa shape index (κ1) is 29.7. The first-order valence-electron chi connectivity index (χ1n) is 14.6. The minimum atomic E-state index is -1.20. The highest BCUT2D eigenvalue weighted by atomic mass is 28.3. The summed E-state index contributed by atoms with van der Waals surface area (Å²) in [6.07, 6.45) is 4.63. The van der Waals surface area contributed by atoms with E-state index in [-0.39, 0.29) is 36.7 Å². The van der Waals surface area contributed by atoms with Crippen LogP contribution in [0.15, 0.2) is 43.0 Å². The number of aromatic nitrogens is 6. The van der Waals surface area contributed by atoms with Crippen LogP contribution >= 0.6 is 0 Å². The molecule has 5 heterocycles. The first-order valence-corrected chi connectivity index (χ1v) is 18.3. The number of fused-ring (bicyclic) bond motifs is 1. The molecule has 2 aliphatic rings. The summed E-state index contributed by atoms with van der Waals surface area (Å²) >= 11 is 0. The fourth-order valence-corrected chi connectivity index (χ4v) is 6.36. The number of likely N-dealkylation sites (tertiary alicyclic amines) is 1. The zero-order chi connectivity index (χ0) is 31.0. The number of hydrogen-bond donors (Lipinski definition) is 1. The van der Waals surface area contributed by atoms with Gasteiger partial charge in [-0.1, -0.05) is 25.7 Å². The highest BCUT2D eigenvalue weighted by Gasteiger charge is 2.41. The highest BCUT2D eigenvalue weighted by Crippen LogP contribution is 2.33. The summed E-state index contributed by atoms with van der Waals surface area (Å²) in [5.41, 5.74) is 1.86. The topological polar surface area (TPSA) is 140 Å². The molecule has 13 nitrogen and oxygen atoms in total. The zero-order valence-corrected chi connectivity index (χ0v) is 25.9. The Labute approximate surface area is 254 Å². The van der Waals surface area contributed by atoms with Gasteiger partial charge >= 0.3 is 12.2 Å². The molecule has 232 valence electrons. The fraction of sp³-hybridized carbons (Fsp3) is 0.448. The summed E-state index contributed by atoms with van der Waals surface area (Å²) in [6.45, 7) is 8.77. The summed E-state index contributed by atoms with van der Waals surface area (Å²) in [5, 5.41) is 18.1. The Bertz CT molecular complexity index is 1680. The van der Waals surface area contributed by atoms with Crippen LogP contribution in [0.25, 0.3) is 28.2 Å². The maximum absolute atomic E-state index is 15.4. The van der Waals surface area contributed by atoms with Crippen LogP contribution in [-0.4, -0.2) is 92.0 Å². The Morgan fingerprint density at radius 3 is 2.70 bits per heavy atom. The Hall–Kier alpha value is -4.37. The molecule has 15 heteroatoms. The van der Waals surface area contributed by atoms with Crippen molar-refractivity contribution in [3.63, 3.8) is 0 Å². The number of amides is 2. The molecule has 0 bridgehead atoms. The van der Waals surface area contributed by atoms with Crippen LogP contribution in [0.4, 0.5) is 19.8 Å². The van der Waals surface area contributed by atoms with Gasteiger partial charge in [-0.15, -0.1) is 5.10 Å². The molecule has 2 aliphatic heterocycles. The van der Waals surface area contributed by atoms with Gasteiger partial charge in [0.25, 0.3) is 0 Å². The molecule has 2 amide bonds. The van der Waals surface area contributed by atoms with Crippen molar-refractivity contribution in [1.82, 2.24) is 34.3 Å². The molecule has 1 unspecified atom stereocenters. The second-order valence-electron chi connectivity index (χ2n) is 12.4. The van der Waals surface area contributed by atoms with Crippen LogP contribution < -0.4 is 4.90 Å². The average molecular weight is 623 g/mol. The van der Waals surface area contributed by atoms with E-state index in [1.807, 2.05) is 0 Å². The van der Waals surface area contributed by atoms with Gasteiger partial charge in [-0.2, -0.15) is 5.10 Å². The summed E-state index contributed by atoms with van der Waals surface area (Å²) in [5.74, 6) is 0.225. The lowest BCUT2D eigenvalue weighted by Gasteiger charge is -2.35. The third-order valence-electron chi connectivity index (χ3n) is 8.14. The van der Waals surface area contributed by atoms with E-state index in [0.717, 1.165) is 6.04 Å². The van der Waals surface area contributed by atoms with Gasteiger partial charge in [0, 0.05) is 39.5 Å². The SMILES string of the molecule is C[Si](C)(C)CCOCn1cnc(-c2ccc(-c3cnn4ccc(N5C(=O)OCC5C5CCN(C(=O)O)CC5)nc34)cc2F)n1. The molecule has 2 saturated heterocycles. The van der Waals surface area contributed by atoms with Crippen LogP contribution in [0.1, 0.15) is 12.8 Å². The van der Waals surface area contributed by atoms with E-state index in [1.54, 1.807) is 44.7 Å². The van der Waals surface area contributed by atoms with Crippen molar-refractivity contribution < 1.29 is 28.6 Å². The third-order valence-corrected chi connectivity index (χ3v) is 9.84. The molecule has 2 fully saturated rings. The van der Waals surface area contributed by atoms with Gasteiger partial charge in [-0.05, 0) is 48.6 Å². The van der Waals surface area contributed by atoms with Crippen LogP contribution in [0, 0.1) is 11.7 Å². The second-order valence-corrected chi connectivity index (χ2v) is 18.0. The summed E-state index contributed by atoms with van der Waals surface area (Å²) < 4.78 is 29.7. The van der Waals surface area contributed by atoms with Crippen molar-refractivity contribution in [3.8, 4) is 22.5 Å². The fourth-order valence-electron chi connectivity index (χ4n) is 5.60. The standard InChI is InChI=1S/C29H35FN8O5Si/c1-44(2,3)13-12-42-18-36-17-31-26(34-36)21-5-4-20(14-23(21)30)22-15-32-37-11-8-25(33-27(22)37)38-24(16-43-29(38)41)19-6-9-35(10-7-19)28(39)40/h4-5,8,11,14-15,17,19,24H,6-7,9-10,12-13,16,18H2,1-3H3,(H,39,40). The smallest absolute Gasteiger partial charge is 0.415 e. The van der Waals surface area contributed by atoms with Crippen LogP contribution in [0.5, 0.6) is 0 Å². The number of carbonyl (C=O) groups excluding carboxylic acids is 1. The van der Waals surface area contributed by atoms with Crippen molar-refractivity contribution >= 4 is 31.7 Å². The van der Waals surface area contributed by atoms with E-state index >= 15 is 4.39 Å². The van der Waals surface area contributed by atoms with Crippen molar-refractivity contribution in [1.29, 1.82) is 0 Å². The first-order chi connectivity index (χ1) is 21.1. The Morgan fingerprint density at radius 1 is 1.18 bits per heavy atom. The minimum absolute atomic E-state index is 0.0647. The molecule has 0 aliphatic carbocycles. The quantitative estimate of drug-likeness (QED) is 0.205. The van der Waals surface area contributed by atoms with E-state index in [1.165, 1.54) is 17.3 Å². The van der Waals surface area contributed by atoms with Gasteiger partial charge in [-0.25, -0.2) is 33.1 Å². The molecule has 0 radical (unpaired) electrons. The number of cyclic esters (lactones) is 1. The number of anilines is 1. The molecule has 3 aromatic heterocycles. The largest absolute Gasteiger partial charge is 0.465 e. The summed E-state index contributed by atoms with van der Waals surface area (Å²) in [6, 6.07) is 7.25. The molecular weight excluding hydrogens is 587 g/mol. The predicted molar refractivity (Wildman–Crippen MR) is 161 cm³/mol. The van der Waals surface area contributed by atoms with E-state index in [2.05, 4.69) is 34.8 Å². The lowest BCUT2D eigenvalue weighted by Crippen LogP contribution is -2.46. The van der Waals surface area contributed by atoms with Gasteiger partial charge in [0.2, 0.25) is 0 Å². The maximum Gasteiger partial charge on any atom is 0.415 e. The van der Waals surface area contributed by atoms with Crippen LogP contribution in [-0.2, 0) is 16.2 Å². The van der Waals surface area contributed by atoms with E-state index in [0.29, 0.717) is 55.1 Å². The zero-order valence-electron chi connectivity index (χ0n) is 24.9. The van der Waals surface area contributed by atoms with Gasteiger partial charge in [0.1, 0.15) is 31.3 Å². The highest BCUT2D eigenvalue weighted by molar-refractivity contribution is 6.76. The Morgan fingerprint density at radius 2 is 1.98 bits per heavy atom. The molecule has 1 N–H and O–H groups in total. The summed E-state index contributed by atoms with van der Waals surface area (Å²) in [7, 11) is -1.20. The van der Waals surface area contributed by atoms with Crippen molar-refractivity contribution in [2.24, 2.45) is 5.92 Å². The Balaban J connectivity index is 1.20. The molecule has 44 heavy (non-hydrogen) atoms. The molecule has 0 spiro atoms. The number of nitrogens with zero attached hydrogens (tertiary/aromatic N) is 8. The van der Waals surface area contributed by atoms with Crippen LogP contribution in [0.3, 0.4) is 0 Å². The van der Waals surface area contributed by atoms with Crippen molar-refractivity contribution in [3.05, 3.63) is 48.8 Å². The molecular formula is C29H35FN8O5Si. The third kappa shape index (κ3) is 6.15. The normalized spacial score (nSPS) is 17.9. The van der Waals surface area contributed by atoms with Crippen molar-refractivity contribution in [2.45, 2.75) is 51.3 Å². The number of ether oxygens (including phenoxy) is 2. The second kappa shape index (κ2) is 12.0. The number of rotatable bonds is 9. The monoisotopic (exact) mass is 622 g/mol. The minimum Gasteiger partial charge on any atom is -0.465 e. The number of hydrogen-bond acceptors (Lipinski definition) is 8. The van der Waals surface area contributed by atoms with E-state index < -0.39 is 26.1 Å². The number of halogens is 1. The molecule has 0 saturated carbocycles. The lowest BCUT2D eigenvalue weighted by atomic mass is 9.89. The van der Waals surface area contributed by atoms with Crippen molar-refractivity contribution in [2.75, 3.05) is 31.2 Å². The number of carbonyl (C=O) groups is 2. The number of carboxylic acid groups (broad SMARTS) is 1. The average Bonchev–Trinajstić information content (AvgIpc) is 3.73. The number of piperidine rings is 1. The predicted octanol–water partition coefficient (Wildman–Crippen LogP) is 4.82. The summed E-state index contributed by atoms with van der Waals surface area (Å²) in [4.78, 5) is 36.1. The van der Waals surface area contributed by atoms with E-state index in [9.17, 15) is 14.7 Å². The Kier molecular flexibility index (Phi) is 8.07. The van der Waals surface area contributed by atoms with E-state index in [4.69, 9.17) is 14.5 Å². The van der Waals surface area contributed by atoms with Crippen LogP contribution in [0.2, 0.25) is 25.7 Å². The van der Waals surface area contributed by atoms with Gasteiger partial charge < -0.3 is 19.5 Å². The molecule has 4 aromatic rings. The molecule has 1 aromatic carbocycles. The van der Waals surface area contributed by atoms with Gasteiger partial charge in [0.15, 0.2) is 11.5 Å². The maximum atomic E-state index is 15.4. The molecule has 1 atom stereocenters. The molecule has 6 rings (SSSR count). The lowest BCUT2D eigenvalue weighted by molar-refractivity contribution is 0.0784. The van der Waals surface area contributed by atoms with Gasteiger partial charge in [0.05, 0.1) is 17.8 Å². The van der Waals surface area contributed by atoms with Gasteiger partial charge in [-0.3, -0.25) is 4.90 Å². The number of benzene rings is 1.